The molecule has 0 aromatic rings. The van der Waals surface area contributed by atoms with E-state index >= 15 is 0 Å². The number of carbonyl (C=O) groups excluding carboxylic acids is 1. The van der Waals surface area contributed by atoms with Gasteiger partial charge in [-0.1, -0.05) is 32.3 Å². The highest BCUT2D eigenvalue weighted by atomic mass is 16.6. The molecule has 3 atom stereocenters. The Morgan fingerprint density at radius 3 is 2.27 bits per heavy atom. The van der Waals surface area contributed by atoms with E-state index in [2.05, 4.69) is 6.58 Å². The van der Waals surface area contributed by atoms with E-state index < -0.39 is 0 Å². The second-order valence-corrected chi connectivity index (χ2v) is 7.81. The Morgan fingerprint density at radius 2 is 1.73 bits per heavy atom. The van der Waals surface area contributed by atoms with Crippen LogP contribution in [0, 0.1) is 17.3 Å². The van der Waals surface area contributed by atoms with Gasteiger partial charge in [-0.15, -0.1) is 0 Å². The Labute approximate surface area is 133 Å². The van der Waals surface area contributed by atoms with Gasteiger partial charge in [-0.25, -0.2) is 4.79 Å². The minimum atomic E-state index is -0.345. The van der Waals surface area contributed by atoms with Gasteiger partial charge in [-0.05, 0) is 43.9 Å². The van der Waals surface area contributed by atoms with Crippen LogP contribution in [-0.4, -0.2) is 24.3 Å². The van der Waals surface area contributed by atoms with Crippen LogP contribution < -0.4 is 0 Å². The monoisotopic (exact) mass is 304 g/mol. The number of carbonyl (C=O) groups is 1. The molecule has 0 N–H and O–H groups in total. The molecule has 1 saturated heterocycles. The van der Waals surface area contributed by atoms with Gasteiger partial charge < -0.3 is 9.47 Å². The molecule has 0 aromatic carbocycles. The van der Waals surface area contributed by atoms with Crippen LogP contribution >= 0.6 is 0 Å². The van der Waals surface area contributed by atoms with Gasteiger partial charge >= 0.3 is 5.97 Å². The third kappa shape index (κ3) is 1.81. The van der Waals surface area contributed by atoms with Crippen LogP contribution in [0.15, 0.2) is 12.7 Å². The van der Waals surface area contributed by atoms with Crippen LogP contribution in [0.5, 0.6) is 0 Å². The lowest BCUT2D eigenvalue weighted by Gasteiger charge is -2.72. The standard InChI is InChI=1S/C19H28O3/c1-2-17(20)22-19(16-10-7-13-21-16)14-8-3-5-11-18(14)12-6-4-9-15(18)19/h2,14-16H,1,3-13H2. The number of rotatable bonds is 3. The number of hydrogen-bond donors (Lipinski definition) is 0. The Bertz CT molecular complexity index is 441. The number of hydrogen-bond acceptors (Lipinski definition) is 3. The zero-order chi connectivity index (χ0) is 15.2. The molecular weight excluding hydrogens is 276 g/mol. The van der Waals surface area contributed by atoms with E-state index in [0.717, 1.165) is 19.4 Å². The van der Waals surface area contributed by atoms with Gasteiger partial charge in [0, 0.05) is 24.5 Å². The fraction of sp³-hybridized carbons (Fsp3) is 0.842. The van der Waals surface area contributed by atoms with Crippen LogP contribution in [0.25, 0.3) is 0 Å². The summed E-state index contributed by atoms with van der Waals surface area (Å²) in [7, 11) is 0. The minimum Gasteiger partial charge on any atom is -0.453 e. The molecular formula is C19H28O3. The van der Waals surface area contributed by atoms with Crippen LogP contribution in [0.3, 0.4) is 0 Å². The smallest absolute Gasteiger partial charge is 0.330 e. The lowest BCUT2D eigenvalue weighted by atomic mass is 9.35. The van der Waals surface area contributed by atoms with Crippen molar-refractivity contribution < 1.29 is 14.3 Å². The molecule has 1 spiro atoms. The summed E-state index contributed by atoms with van der Waals surface area (Å²) in [6, 6.07) is 0. The second kappa shape index (κ2) is 5.36. The molecule has 1 heterocycles. The van der Waals surface area contributed by atoms with Crippen LogP contribution in [0.1, 0.15) is 64.2 Å². The Kier molecular flexibility index (Phi) is 3.60. The first-order valence-corrected chi connectivity index (χ1v) is 9.21. The molecule has 22 heavy (non-hydrogen) atoms. The molecule has 0 amide bonds. The van der Waals surface area contributed by atoms with E-state index in [1.807, 2.05) is 0 Å². The molecule has 122 valence electrons. The van der Waals surface area contributed by atoms with Gasteiger partial charge in [-0.3, -0.25) is 0 Å². The first kappa shape index (κ1) is 14.7. The Balaban J connectivity index is 1.72. The Hall–Kier alpha value is -0.830. The maximum atomic E-state index is 12.1. The summed E-state index contributed by atoms with van der Waals surface area (Å²) in [5.74, 6) is 0.789. The fourth-order valence-corrected chi connectivity index (χ4v) is 6.55. The average Bonchev–Trinajstić information content (AvgIpc) is 3.06. The van der Waals surface area contributed by atoms with Crippen LogP contribution in [0.4, 0.5) is 0 Å². The molecule has 3 aliphatic carbocycles. The van der Waals surface area contributed by atoms with Crippen molar-refractivity contribution in [2.45, 2.75) is 75.9 Å². The Morgan fingerprint density at radius 1 is 1.05 bits per heavy atom. The van der Waals surface area contributed by atoms with Gasteiger partial charge in [0.1, 0.15) is 5.60 Å². The van der Waals surface area contributed by atoms with Crippen molar-refractivity contribution in [2.75, 3.05) is 6.61 Å². The van der Waals surface area contributed by atoms with E-state index in [-0.39, 0.29) is 17.7 Å². The molecule has 4 fully saturated rings. The third-order valence-corrected chi connectivity index (χ3v) is 7.12. The first-order chi connectivity index (χ1) is 10.7. The second-order valence-electron chi connectivity index (χ2n) is 7.81. The van der Waals surface area contributed by atoms with Gasteiger partial charge in [0.05, 0.1) is 6.10 Å². The van der Waals surface area contributed by atoms with Crippen molar-refractivity contribution in [1.29, 1.82) is 0 Å². The maximum Gasteiger partial charge on any atom is 0.330 e. The summed E-state index contributed by atoms with van der Waals surface area (Å²) in [5, 5.41) is 0. The van der Waals surface area contributed by atoms with Crippen molar-refractivity contribution in [3.63, 3.8) is 0 Å². The summed E-state index contributed by atoms with van der Waals surface area (Å²) in [4.78, 5) is 12.1. The average molecular weight is 304 g/mol. The van der Waals surface area contributed by atoms with Crippen molar-refractivity contribution in [2.24, 2.45) is 17.3 Å². The third-order valence-electron chi connectivity index (χ3n) is 7.12. The van der Waals surface area contributed by atoms with Gasteiger partial charge in [0.2, 0.25) is 0 Å². The highest BCUT2D eigenvalue weighted by Crippen LogP contribution is 2.72. The predicted molar refractivity (Wildman–Crippen MR) is 84.3 cm³/mol. The first-order valence-electron chi connectivity index (χ1n) is 9.21. The van der Waals surface area contributed by atoms with Crippen LogP contribution in [0.2, 0.25) is 0 Å². The topological polar surface area (TPSA) is 35.5 Å². The van der Waals surface area contributed by atoms with Gasteiger partial charge in [0.25, 0.3) is 0 Å². The molecule has 4 aliphatic rings. The van der Waals surface area contributed by atoms with E-state index in [1.165, 1.54) is 57.4 Å². The lowest BCUT2D eigenvalue weighted by molar-refractivity contribution is -0.321. The summed E-state index contributed by atoms with van der Waals surface area (Å²) >= 11 is 0. The quantitative estimate of drug-likeness (QED) is 0.583. The van der Waals surface area contributed by atoms with E-state index in [0.29, 0.717) is 17.3 Å². The van der Waals surface area contributed by atoms with E-state index in [4.69, 9.17) is 9.47 Å². The molecule has 4 rings (SSSR count). The van der Waals surface area contributed by atoms with Crippen LogP contribution in [-0.2, 0) is 14.3 Å². The molecule has 0 aromatic heterocycles. The van der Waals surface area contributed by atoms with E-state index in [1.54, 1.807) is 0 Å². The number of ether oxygens (including phenoxy) is 2. The normalized spacial score (nSPS) is 47.0. The highest BCUT2D eigenvalue weighted by molar-refractivity contribution is 5.81. The van der Waals surface area contributed by atoms with E-state index in [9.17, 15) is 4.79 Å². The fourth-order valence-electron chi connectivity index (χ4n) is 6.55. The zero-order valence-corrected chi connectivity index (χ0v) is 13.5. The summed E-state index contributed by atoms with van der Waals surface area (Å²) < 4.78 is 12.2. The molecule has 3 nitrogen and oxygen atoms in total. The molecule has 3 unspecified atom stereocenters. The van der Waals surface area contributed by atoms with Gasteiger partial charge in [-0.2, -0.15) is 0 Å². The molecule has 0 radical (unpaired) electrons. The SMILES string of the molecule is C=CC(=O)OC1(C2CCCO2)C2CCCCC23CCCCC31. The van der Waals surface area contributed by atoms with Crippen molar-refractivity contribution in [3.8, 4) is 0 Å². The molecule has 0 bridgehead atoms. The molecule has 1 aliphatic heterocycles. The summed E-state index contributed by atoms with van der Waals surface area (Å²) in [6.45, 7) is 4.44. The summed E-state index contributed by atoms with van der Waals surface area (Å²) in [5.41, 5.74) is 0.104. The maximum absolute atomic E-state index is 12.1. The largest absolute Gasteiger partial charge is 0.453 e. The van der Waals surface area contributed by atoms with Crippen molar-refractivity contribution in [3.05, 3.63) is 12.7 Å². The highest BCUT2D eigenvalue weighted by Gasteiger charge is 2.75. The van der Waals surface area contributed by atoms with Crippen molar-refractivity contribution in [1.82, 2.24) is 0 Å². The zero-order valence-electron chi connectivity index (χ0n) is 13.5. The molecule has 3 saturated carbocycles. The lowest BCUT2D eigenvalue weighted by Crippen LogP contribution is -2.76. The predicted octanol–water partition coefficient (Wildman–Crippen LogP) is 4.01. The minimum absolute atomic E-state index is 0.121. The van der Waals surface area contributed by atoms with Gasteiger partial charge in [0.15, 0.2) is 0 Å². The molecule has 3 heteroatoms. The van der Waals surface area contributed by atoms with Crippen molar-refractivity contribution >= 4 is 5.97 Å². The summed E-state index contributed by atoms with van der Waals surface area (Å²) in [6.07, 6.45) is 14.0. The number of esters is 1.